The van der Waals surface area contributed by atoms with E-state index in [4.69, 9.17) is 4.74 Å². The summed E-state index contributed by atoms with van der Waals surface area (Å²) in [5.74, 6) is -0.953. The average Bonchev–Trinajstić information content (AvgIpc) is 3.10. The molecule has 2 aliphatic heterocycles. The Balaban J connectivity index is 1.87. The second-order valence-corrected chi connectivity index (χ2v) is 7.99. The lowest BCUT2D eigenvalue weighted by Gasteiger charge is -2.43. The number of hydrogen-bond donors (Lipinski definition) is 0. The Labute approximate surface area is 176 Å². The fourth-order valence-corrected chi connectivity index (χ4v) is 5.33. The van der Waals surface area contributed by atoms with Gasteiger partial charge in [0.2, 0.25) is 6.04 Å². The molecule has 4 rings (SSSR count). The summed E-state index contributed by atoms with van der Waals surface area (Å²) in [6.07, 6.45) is 6.12. The van der Waals surface area contributed by atoms with Gasteiger partial charge in [-0.1, -0.05) is 72.8 Å². The number of nitro groups is 1. The molecule has 4 atom stereocenters. The minimum atomic E-state index is -1.03. The van der Waals surface area contributed by atoms with Crippen LogP contribution in [0.15, 0.2) is 66.7 Å². The molecular formula is C24H26N2O4. The Morgan fingerprint density at radius 1 is 1.13 bits per heavy atom. The van der Waals surface area contributed by atoms with E-state index in [-0.39, 0.29) is 10.9 Å². The van der Waals surface area contributed by atoms with Gasteiger partial charge in [0.15, 0.2) is 0 Å². The quantitative estimate of drug-likeness (QED) is 0.428. The molecule has 0 aliphatic carbocycles. The van der Waals surface area contributed by atoms with Crippen LogP contribution in [0.2, 0.25) is 0 Å². The second kappa shape index (κ2) is 8.40. The van der Waals surface area contributed by atoms with E-state index >= 15 is 0 Å². The van der Waals surface area contributed by atoms with Gasteiger partial charge in [-0.15, -0.1) is 0 Å². The third-order valence-electron chi connectivity index (χ3n) is 6.51. The number of piperidine rings is 1. The van der Waals surface area contributed by atoms with Crippen LogP contribution in [0.25, 0.3) is 6.08 Å². The van der Waals surface area contributed by atoms with Gasteiger partial charge in [0.25, 0.3) is 0 Å². The summed E-state index contributed by atoms with van der Waals surface area (Å²) >= 11 is 0. The number of hydrogen-bond acceptors (Lipinski definition) is 5. The van der Waals surface area contributed by atoms with Crippen molar-refractivity contribution >= 4 is 12.0 Å². The third-order valence-corrected chi connectivity index (χ3v) is 6.51. The maximum absolute atomic E-state index is 13.2. The van der Waals surface area contributed by atoms with Gasteiger partial charge in [0.1, 0.15) is 5.54 Å². The molecule has 6 heteroatoms. The first-order chi connectivity index (χ1) is 14.6. The number of methoxy groups -OCH3 is 1. The molecule has 2 fully saturated rings. The van der Waals surface area contributed by atoms with E-state index in [1.165, 1.54) is 7.11 Å². The van der Waals surface area contributed by atoms with Gasteiger partial charge in [-0.05, 0) is 30.4 Å². The Morgan fingerprint density at radius 2 is 1.80 bits per heavy atom. The first-order valence-electron chi connectivity index (χ1n) is 10.4. The number of fused-ring (bicyclic) bond motifs is 1. The van der Waals surface area contributed by atoms with Crippen molar-refractivity contribution in [2.75, 3.05) is 13.7 Å². The summed E-state index contributed by atoms with van der Waals surface area (Å²) in [6, 6.07) is 17.7. The van der Waals surface area contributed by atoms with Crippen LogP contribution in [0.1, 0.15) is 36.3 Å². The van der Waals surface area contributed by atoms with Crippen LogP contribution in [0, 0.1) is 10.1 Å². The first kappa shape index (κ1) is 20.3. The van der Waals surface area contributed by atoms with Crippen LogP contribution in [0.3, 0.4) is 0 Å². The highest BCUT2D eigenvalue weighted by atomic mass is 16.6. The zero-order valence-electron chi connectivity index (χ0n) is 17.0. The number of benzene rings is 2. The van der Waals surface area contributed by atoms with Crippen molar-refractivity contribution in [2.45, 2.75) is 42.8 Å². The zero-order valence-corrected chi connectivity index (χ0v) is 17.0. The molecule has 0 radical (unpaired) electrons. The van der Waals surface area contributed by atoms with Crippen molar-refractivity contribution in [1.82, 2.24) is 4.90 Å². The smallest absolute Gasteiger partial charge is 0.327 e. The predicted octanol–water partition coefficient (Wildman–Crippen LogP) is 3.91. The van der Waals surface area contributed by atoms with Crippen molar-refractivity contribution < 1.29 is 14.5 Å². The Morgan fingerprint density at radius 3 is 2.43 bits per heavy atom. The summed E-state index contributed by atoms with van der Waals surface area (Å²) in [4.78, 5) is 27.5. The molecule has 0 aromatic heterocycles. The summed E-state index contributed by atoms with van der Waals surface area (Å²) in [7, 11) is 1.38. The average molecular weight is 406 g/mol. The molecule has 2 aromatic carbocycles. The molecule has 2 aromatic rings. The minimum absolute atomic E-state index is 0.208. The molecule has 2 heterocycles. The van der Waals surface area contributed by atoms with Gasteiger partial charge >= 0.3 is 5.97 Å². The van der Waals surface area contributed by atoms with Gasteiger partial charge in [0.05, 0.1) is 19.1 Å². The van der Waals surface area contributed by atoms with E-state index in [9.17, 15) is 14.9 Å². The third kappa shape index (κ3) is 3.31. The Bertz CT molecular complexity index is 931. The zero-order chi connectivity index (χ0) is 21.1. The summed E-state index contributed by atoms with van der Waals surface area (Å²) in [5, 5.41) is 12.4. The fraction of sp³-hybridized carbons (Fsp3) is 0.375. The highest BCUT2D eigenvalue weighted by Crippen LogP contribution is 2.52. The van der Waals surface area contributed by atoms with Crippen LogP contribution >= 0.6 is 0 Å². The van der Waals surface area contributed by atoms with E-state index in [1.807, 2.05) is 77.7 Å². The molecule has 2 aliphatic rings. The van der Waals surface area contributed by atoms with Crippen LogP contribution in [-0.4, -0.2) is 47.1 Å². The van der Waals surface area contributed by atoms with Crippen LogP contribution in [-0.2, 0) is 9.53 Å². The molecule has 156 valence electrons. The van der Waals surface area contributed by atoms with Gasteiger partial charge < -0.3 is 4.74 Å². The maximum Gasteiger partial charge on any atom is 0.327 e. The number of carbonyl (C=O) groups excluding carboxylic acids is 1. The summed E-state index contributed by atoms with van der Waals surface area (Å²) < 4.78 is 5.26. The number of esters is 1. The highest BCUT2D eigenvalue weighted by molar-refractivity contribution is 5.84. The van der Waals surface area contributed by atoms with Gasteiger partial charge in [-0.3, -0.25) is 19.8 Å². The molecule has 0 unspecified atom stereocenters. The minimum Gasteiger partial charge on any atom is -0.468 e. The molecule has 0 amide bonds. The fourth-order valence-electron chi connectivity index (χ4n) is 5.33. The lowest BCUT2D eigenvalue weighted by molar-refractivity contribution is -0.526. The second-order valence-electron chi connectivity index (χ2n) is 7.99. The number of rotatable bonds is 5. The lowest BCUT2D eigenvalue weighted by Crippen LogP contribution is -2.58. The van der Waals surface area contributed by atoms with E-state index in [1.54, 1.807) is 0 Å². The van der Waals surface area contributed by atoms with Crippen molar-refractivity contribution in [1.29, 1.82) is 0 Å². The normalized spacial score (nSPS) is 28.9. The Kier molecular flexibility index (Phi) is 5.68. The van der Waals surface area contributed by atoms with Gasteiger partial charge in [-0.25, -0.2) is 0 Å². The first-order valence-corrected chi connectivity index (χ1v) is 10.4. The van der Waals surface area contributed by atoms with Crippen molar-refractivity contribution in [3.8, 4) is 0 Å². The number of ether oxygens (including phenoxy) is 1. The standard InChI is InChI=1S/C24H26N2O4/c1-30-23(27)24-16-8-9-17-25(24)20(15-14-18-10-4-2-5-11-18)22(26(28)29)21(24)19-12-6-3-7-13-19/h2-7,10-15,20-22H,8-9,16-17H2,1H3/b15-14+/t20-,21-,22+,24+/m1/s1. The molecule has 0 N–H and O–H groups in total. The predicted molar refractivity (Wildman–Crippen MR) is 115 cm³/mol. The monoisotopic (exact) mass is 406 g/mol. The molecule has 30 heavy (non-hydrogen) atoms. The van der Waals surface area contributed by atoms with Crippen molar-refractivity contribution in [3.63, 3.8) is 0 Å². The van der Waals surface area contributed by atoms with Gasteiger partial charge in [-0.2, -0.15) is 0 Å². The number of carbonyl (C=O) groups is 1. The lowest BCUT2D eigenvalue weighted by atomic mass is 9.73. The van der Waals surface area contributed by atoms with Crippen molar-refractivity contribution in [2.24, 2.45) is 0 Å². The highest BCUT2D eigenvalue weighted by Gasteiger charge is 2.68. The molecule has 0 saturated carbocycles. The summed E-state index contributed by atoms with van der Waals surface area (Å²) in [5.41, 5.74) is 0.758. The van der Waals surface area contributed by atoms with Crippen molar-refractivity contribution in [3.05, 3.63) is 88.0 Å². The number of nitrogens with zero attached hydrogens (tertiary/aromatic N) is 2. The molecule has 0 bridgehead atoms. The topological polar surface area (TPSA) is 72.7 Å². The van der Waals surface area contributed by atoms with Crippen LogP contribution in [0.5, 0.6) is 0 Å². The van der Waals surface area contributed by atoms with E-state index < -0.39 is 23.5 Å². The Hall–Kier alpha value is -2.99. The van der Waals surface area contributed by atoms with Gasteiger partial charge in [0, 0.05) is 11.5 Å². The van der Waals surface area contributed by atoms with E-state index in [0.29, 0.717) is 13.0 Å². The largest absolute Gasteiger partial charge is 0.468 e. The van der Waals surface area contributed by atoms with E-state index in [0.717, 1.165) is 24.0 Å². The summed E-state index contributed by atoms with van der Waals surface area (Å²) in [6.45, 7) is 0.632. The van der Waals surface area contributed by atoms with Crippen LogP contribution < -0.4 is 0 Å². The molecule has 6 nitrogen and oxygen atoms in total. The maximum atomic E-state index is 13.2. The molecule has 2 saturated heterocycles. The SMILES string of the molecule is COC(=O)[C@@]12CCCCN1[C@H](/C=C/c1ccccc1)[C@H]([N+](=O)[O-])[C@H]2c1ccccc1. The molecular weight excluding hydrogens is 380 g/mol. The van der Waals surface area contributed by atoms with E-state index in [2.05, 4.69) is 0 Å². The van der Waals surface area contributed by atoms with Crippen LogP contribution in [0.4, 0.5) is 0 Å². The molecule has 0 spiro atoms.